The number of amides is 1. The van der Waals surface area contributed by atoms with E-state index in [2.05, 4.69) is 15.5 Å². The average Bonchev–Trinajstić information content (AvgIpc) is 3.20. The molecule has 1 N–H and O–H groups in total. The Morgan fingerprint density at radius 2 is 2.04 bits per heavy atom. The SMILES string of the molecule is Cc1cc(C(=O)NC2COCC2n2nc3c(cc2=O)CCCC3)n(C)n1. The van der Waals surface area contributed by atoms with Gasteiger partial charge >= 0.3 is 0 Å². The fourth-order valence-electron chi connectivity index (χ4n) is 3.80. The summed E-state index contributed by atoms with van der Waals surface area (Å²) in [6, 6.07) is 2.84. The highest BCUT2D eigenvalue weighted by Crippen LogP contribution is 2.21. The Morgan fingerprint density at radius 3 is 2.81 bits per heavy atom. The van der Waals surface area contributed by atoms with Gasteiger partial charge in [-0.1, -0.05) is 0 Å². The van der Waals surface area contributed by atoms with Crippen LogP contribution in [0.1, 0.15) is 46.3 Å². The molecule has 0 spiro atoms. The molecule has 0 bridgehead atoms. The van der Waals surface area contributed by atoms with Gasteiger partial charge in [-0.15, -0.1) is 0 Å². The van der Waals surface area contributed by atoms with Gasteiger partial charge in [-0.05, 0) is 44.2 Å². The molecule has 1 saturated heterocycles. The van der Waals surface area contributed by atoms with E-state index < -0.39 is 0 Å². The van der Waals surface area contributed by atoms with Crippen LogP contribution >= 0.6 is 0 Å². The monoisotopic (exact) mass is 357 g/mol. The Morgan fingerprint density at radius 1 is 1.23 bits per heavy atom. The zero-order chi connectivity index (χ0) is 18.3. The molecule has 1 aliphatic heterocycles. The second-order valence-corrected chi connectivity index (χ2v) is 7.09. The molecular formula is C18H23N5O3. The van der Waals surface area contributed by atoms with Crippen molar-refractivity contribution in [3.05, 3.63) is 45.1 Å². The molecule has 2 aromatic rings. The van der Waals surface area contributed by atoms with Crippen LogP contribution in [0.3, 0.4) is 0 Å². The first kappa shape index (κ1) is 17.0. The summed E-state index contributed by atoms with van der Waals surface area (Å²) < 4.78 is 8.61. The van der Waals surface area contributed by atoms with E-state index in [0.29, 0.717) is 18.9 Å². The number of hydrogen-bond donors (Lipinski definition) is 1. The first-order valence-corrected chi connectivity index (χ1v) is 9.04. The standard InChI is InChI=1S/C18H23N5O3/c1-11-7-15(22(2)20-11)18(25)19-14-9-26-10-16(14)23-17(24)8-12-5-3-4-6-13(12)21-23/h7-8,14,16H,3-6,9-10H2,1-2H3,(H,19,25). The third-order valence-electron chi connectivity index (χ3n) is 5.15. The zero-order valence-corrected chi connectivity index (χ0v) is 15.1. The number of nitrogens with zero attached hydrogens (tertiary/aromatic N) is 4. The number of ether oxygens (including phenoxy) is 1. The molecular weight excluding hydrogens is 334 g/mol. The molecule has 8 heteroatoms. The quantitative estimate of drug-likeness (QED) is 0.865. The summed E-state index contributed by atoms with van der Waals surface area (Å²) in [6.45, 7) is 2.56. The third-order valence-corrected chi connectivity index (χ3v) is 5.15. The van der Waals surface area contributed by atoms with E-state index in [4.69, 9.17) is 4.74 Å². The summed E-state index contributed by atoms with van der Waals surface area (Å²) in [5.74, 6) is -0.223. The maximum absolute atomic E-state index is 12.6. The number of aryl methyl sites for hydroxylation is 4. The van der Waals surface area contributed by atoms with Crippen LogP contribution in [0.25, 0.3) is 0 Å². The fraction of sp³-hybridized carbons (Fsp3) is 0.556. The number of rotatable bonds is 3. The molecule has 2 aliphatic rings. The molecule has 0 saturated carbocycles. The molecule has 3 heterocycles. The van der Waals surface area contributed by atoms with Crippen LogP contribution in [0.2, 0.25) is 0 Å². The van der Waals surface area contributed by atoms with Gasteiger partial charge in [0.2, 0.25) is 0 Å². The lowest BCUT2D eigenvalue weighted by Crippen LogP contribution is -2.44. The lowest BCUT2D eigenvalue weighted by molar-refractivity contribution is 0.0915. The Kier molecular flexibility index (Phi) is 4.36. The van der Waals surface area contributed by atoms with Gasteiger partial charge in [0.25, 0.3) is 11.5 Å². The maximum Gasteiger partial charge on any atom is 0.269 e. The first-order valence-electron chi connectivity index (χ1n) is 9.04. The number of nitrogens with one attached hydrogen (secondary N) is 1. The molecule has 0 radical (unpaired) electrons. The lowest BCUT2D eigenvalue weighted by Gasteiger charge is -2.22. The van der Waals surface area contributed by atoms with Gasteiger partial charge in [-0.3, -0.25) is 14.3 Å². The van der Waals surface area contributed by atoms with Crippen LogP contribution in [-0.2, 0) is 24.6 Å². The number of carbonyl (C=O) groups excluding carboxylic acids is 1. The van der Waals surface area contributed by atoms with Crippen molar-refractivity contribution < 1.29 is 9.53 Å². The van der Waals surface area contributed by atoms with Crippen LogP contribution in [0.4, 0.5) is 0 Å². The van der Waals surface area contributed by atoms with Crippen molar-refractivity contribution in [1.82, 2.24) is 24.9 Å². The van der Waals surface area contributed by atoms with E-state index in [1.807, 2.05) is 6.92 Å². The molecule has 26 heavy (non-hydrogen) atoms. The van der Waals surface area contributed by atoms with Crippen LogP contribution < -0.4 is 10.9 Å². The van der Waals surface area contributed by atoms with Crippen molar-refractivity contribution >= 4 is 5.91 Å². The van der Waals surface area contributed by atoms with Crippen LogP contribution in [-0.4, -0.2) is 44.7 Å². The predicted octanol–water partition coefficient (Wildman–Crippen LogP) is 0.534. The van der Waals surface area contributed by atoms with E-state index in [0.717, 1.165) is 42.6 Å². The number of fused-ring (bicyclic) bond motifs is 1. The summed E-state index contributed by atoms with van der Waals surface area (Å²) >= 11 is 0. The van der Waals surface area contributed by atoms with E-state index >= 15 is 0 Å². The smallest absolute Gasteiger partial charge is 0.269 e. The summed E-state index contributed by atoms with van der Waals surface area (Å²) in [5, 5.41) is 11.8. The largest absolute Gasteiger partial charge is 0.377 e. The van der Waals surface area contributed by atoms with Crippen LogP contribution in [0.15, 0.2) is 16.9 Å². The normalized spacial score (nSPS) is 22.2. The van der Waals surface area contributed by atoms with Gasteiger partial charge in [0.15, 0.2) is 0 Å². The maximum atomic E-state index is 12.6. The molecule has 0 aromatic carbocycles. The molecule has 2 unspecified atom stereocenters. The van der Waals surface area contributed by atoms with Crippen molar-refractivity contribution in [2.75, 3.05) is 13.2 Å². The van der Waals surface area contributed by atoms with E-state index in [1.165, 1.54) is 4.68 Å². The van der Waals surface area contributed by atoms with Crippen molar-refractivity contribution in [2.45, 2.75) is 44.7 Å². The van der Waals surface area contributed by atoms with Gasteiger partial charge in [0, 0.05) is 13.1 Å². The summed E-state index contributed by atoms with van der Waals surface area (Å²) in [5.41, 5.74) is 3.19. The zero-order valence-electron chi connectivity index (χ0n) is 15.1. The van der Waals surface area contributed by atoms with Crippen LogP contribution in [0.5, 0.6) is 0 Å². The second-order valence-electron chi connectivity index (χ2n) is 7.09. The van der Waals surface area contributed by atoms with Gasteiger partial charge in [0.1, 0.15) is 11.7 Å². The molecule has 4 rings (SSSR count). The van der Waals surface area contributed by atoms with Crippen molar-refractivity contribution in [2.24, 2.45) is 7.05 Å². The van der Waals surface area contributed by atoms with Crippen molar-refractivity contribution in [1.29, 1.82) is 0 Å². The van der Waals surface area contributed by atoms with Crippen molar-refractivity contribution in [3.63, 3.8) is 0 Å². The van der Waals surface area contributed by atoms with E-state index in [9.17, 15) is 9.59 Å². The summed E-state index contributed by atoms with van der Waals surface area (Å²) in [6.07, 6.45) is 4.01. The molecule has 2 atom stereocenters. The average molecular weight is 357 g/mol. The molecule has 1 aliphatic carbocycles. The van der Waals surface area contributed by atoms with Gasteiger partial charge < -0.3 is 10.1 Å². The Bertz CT molecular complexity index is 901. The fourth-order valence-corrected chi connectivity index (χ4v) is 3.80. The third kappa shape index (κ3) is 3.05. The van der Waals surface area contributed by atoms with Crippen LogP contribution in [0, 0.1) is 6.92 Å². The molecule has 8 nitrogen and oxygen atoms in total. The minimum Gasteiger partial charge on any atom is -0.377 e. The first-order chi connectivity index (χ1) is 12.5. The highest BCUT2D eigenvalue weighted by molar-refractivity contribution is 5.92. The van der Waals surface area contributed by atoms with Gasteiger partial charge in [-0.25, -0.2) is 4.68 Å². The molecule has 1 fully saturated rings. The number of carbonyl (C=O) groups is 1. The Balaban J connectivity index is 1.58. The second kappa shape index (κ2) is 6.68. The Labute approximate surface area is 151 Å². The highest BCUT2D eigenvalue weighted by atomic mass is 16.5. The van der Waals surface area contributed by atoms with E-state index in [1.54, 1.807) is 23.9 Å². The van der Waals surface area contributed by atoms with Gasteiger partial charge in [0.05, 0.1) is 30.6 Å². The molecule has 2 aromatic heterocycles. The predicted molar refractivity (Wildman–Crippen MR) is 94.2 cm³/mol. The minimum atomic E-state index is -0.301. The number of hydrogen-bond acceptors (Lipinski definition) is 5. The number of aromatic nitrogens is 4. The molecule has 138 valence electrons. The van der Waals surface area contributed by atoms with E-state index in [-0.39, 0.29) is 23.6 Å². The Hall–Kier alpha value is -2.48. The lowest BCUT2D eigenvalue weighted by atomic mass is 9.97. The summed E-state index contributed by atoms with van der Waals surface area (Å²) in [7, 11) is 1.74. The van der Waals surface area contributed by atoms with Gasteiger partial charge in [-0.2, -0.15) is 10.2 Å². The summed E-state index contributed by atoms with van der Waals surface area (Å²) in [4.78, 5) is 25.1. The van der Waals surface area contributed by atoms with Crippen molar-refractivity contribution in [3.8, 4) is 0 Å². The highest BCUT2D eigenvalue weighted by Gasteiger charge is 2.34. The molecule has 1 amide bonds. The minimum absolute atomic E-state index is 0.128. The topological polar surface area (TPSA) is 91.0 Å².